The zero-order valence-corrected chi connectivity index (χ0v) is 12.5. The van der Waals surface area contributed by atoms with Crippen molar-refractivity contribution in [3.05, 3.63) is 23.8 Å². The van der Waals surface area contributed by atoms with Crippen LogP contribution in [-0.4, -0.2) is 17.5 Å². The van der Waals surface area contributed by atoms with Gasteiger partial charge in [0.2, 0.25) is 0 Å². The van der Waals surface area contributed by atoms with E-state index in [-0.39, 0.29) is 5.60 Å². The Kier molecular flexibility index (Phi) is 3.77. The van der Waals surface area contributed by atoms with Gasteiger partial charge in [-0.25, -0.2) is 0 Å². The van der Waals surface area contributed by atoms with E-state index in [4.69, 9.17) is 10.5 Å². The standard InChI is InChI=1S/C16H23NOS/c1-12-5-4-6-14(15(12)17)19-13-7-10-18-16(11-13)8-2-3-9-16/h4-6,13H,2-3,7-11,17H2,1H3. The summed E-state index contributed by atoms with van der Waals surface area (Å²) in [4.78, 5) is 1.25. The Balaban J connectivity index is 1.71. The Morgan fingerprint density at radius 3 is 2.89 bits per heavy atom. The molecule has 1 unspecified atom stereocenters. The van der Waals surface area contributed by atoms with Gasteiger partial charge in [0.05, 0.1) is 5.60 Å². The van der Waals surface area contributed by atoms with Gasteiger partial charge in [-0.2, -0.15) is 0 Å². The highest BCUT2D eigenvalue weighted by Crippen LogP contribution is 2.45. The molecule has 0 amide bonds. The summed E-state index contributed by atoms with van der Waals surface area (Å²) in [7, 11) is 0. The first-order valence-corrected chi connectivity index (χ1v) is 8.22. The lowest BCUT2D eigenvalue weighted by atomic mass is 9.92. The number of nitrogen functional groups attached to an aromatic ring is 1. The van der Waals surface area contributed by atoms with Crippen molar-refractivity contribution < 1.29 is 4.74 Å². The number of hydrogen-bond acceptors (Lipinski definition) is 3. The number of nitrogens with two attached hydrogens (primary N) is 1. The Bertz CT molecular complexity index is 454. The number of aryl methyl sites for hydroxylation is 1. The minimum atomic E-state index is 0.203. The lowest BCUT2D eigenvalue weighted by Crippen LogP contribution is -2.38. The molecule has 1 atom stereocenters. The van der Waals surface area contributed by atoms with Gasteiger partial charge in [-0.3, -0.25) is 0 Å². The van der Waals surface area contributed by atoms with Crippen LogP contribution in [-0.2, 0) is 4.74 Å². The number of hydrogen-bond donors (Lipinski definition) is 1. The van der Waals surface area contributed by atoms with Crippen LogP contribution in [0.3, 0.4) is 0 Å². The van der Waals surface area contributed by atoms with Gasteiger partial charge in [0, 0.05) is 22.4 Å². The fraction of sp³-hybridized carbons (Fsp3) is 0.625. The second-order valence-corrected chi connectivity index (χ2v) is 7.30. The molecule has 1 spiro atoms. The molecule has 2 fully saturated rings. The number of rotatable bonds is 2. The maximum atomic E-state index is 6.19. The fourth-order valence-electron chi connectivity index (χ4n) is 3.39. The maximum Gasteiger partial charge on any atom is 0.0693 e. The van der Waals surface area contributed by atoms with Gasteiger partial charge in [0.15, 0.2) is 0 Å². The zero-order valence-electron chi connectivity index (χ0n) is 11.7. The minimum absolute atomic E-state index is 0.203. The second kappa shape index (κ2) is 5.37. The number of ether oxygens (including phenoxy) is 1. The van der Waals surface area contributed by atoms with Gasteiger partial charge in [-0.05, 0) is 44.2 Å². The van der Waals surface area contributed by atoms with Crippen LogP contribution >= 0.6 is 11.8 Å². The second-order valence-electron chi connectivity index (χ2n) is 5.96. The first-order chi connectivity index (χ1) is 9.19. The van der Waals surface area contributed by atoms with E-state index >= 15 is 0 Å². The number of anilines is 1. The van der Waals surface area contributed by atoms with Gasteiger partial charge < -0.3 is 10.5 Å². The van der Waals surface area contributed by atoms with Gasteiger partial charge in [-0.1, -0.05) is 25.0 Å². The Morgan fingerprint density at radius 1 is 1.32 bits per heavy atom. The SMILES string of the molecule is Cc1cccc(SC2CCOC3(CCCC3)C2)c1N. The summed E-state index contributed by atoms with van der Waals surface area (Å²) in [5, 5.41) is 0.663. The van der Waals surface area contributed by atoms with E-state index in [1.807, 2.05) is 11.8 Å². The molecule has 2 aliphatic rings. The van der Waals surface area contributed by atoms with Gasteiger partial charge >= 0.3 is 0 Å². The average Bonchev–Trinajstić information content (AvgIpc) is 2.83. The summed E-state index contributed by atoms with van der Waals surface area (Å²) in [6, 6.07) is 6.35. The molecule has 1 saturated heterocycles. The first-order valence-electron chi connectivity index (χ1n) is 7.34. The predicted octanol–water partition coefficient (Wildman–Crippen LogP) is 4.16. The Morgan fingerprint density at radius 2 is 2.11 bits per heavy atom. The summed E-state index contributed by atoms with van der Waals surface area (Å²) < 4.78 is 6.10. The summed E-state index contributed by atoms with van der Waals surface area (Å²) in [5.41, 5.74) is 8.54. The van der Waals surface area contributed by atoms with E-state index in [0.29, 0.717) is 5.25 Å². The largest absolute Gasteiger partial charge is 0.398 e. The summed E-state index contributed by atoms with van der Waals surface area (Å²) >= 11 is 1.96. The third-order valence-corrected chi connectivity index (χ3v) is 5.89. The number of benzene rings is 1. The minimum Gasteiger partial charge on any atom is -0.398 e. The Hall–Kier alpha value is -0.670. The normalized spacial score (nSPS) is 25.8. The molecule has 1 aromatic rings. The maximum absolute atomic E-state index is 6.19. The van der Waals surface area contributed by atoms with Crippen molar-refractivity contribution in [2.75, 3.05) is 12.3 Å². The van der Waals surface area contributed by atoms with Crippen LogP contribution < -0.4 is 5.73 Å². The molecule has 0 radical (unpaired) electrons. The van der Waals surface area contributed by atoms with Crippen LogP contribution in [0.15, 0.2) is 23.1 Å². The van der Waals surface area contributed by atoms with Crippen molar-refractivity contribution >= 4 is 17.4 Å². The van der Waals surface area contributed by atoms with Crippen LogP contribution in [0, 0.1) is 6.92 Å². The van der Waals surface area contributed by atoms with Gasteiger partial charge in [0.1, 0.15) is 0 Å². The van der Waals surface area contributed by atoms with Gasteiger partial charge in [0.25, 0.3) is 0 Å². The van der Waals surface area contributed by atoms with Crippen LogP contribution in [0.5, 0.6) is 0 Å². The van der Waals surface area contributed by atoms with E-state index in [1.165, 1.54) is 42.6 Å². The lowest BCUT2D eigenvalue weighted by Gasteiger charge is -2.38. The lowest BCUT2D eigenvalue weighted by molar-refractivity contribution is -0.0703. The molecule has 0 bridgehead atoms. The molecule has 1 saturated carbocycles. The highest BCUT2D eigenvalue weighted by atomic mass is 32.2. The highest BCUT2D eigenvalue weighted by Gasteiger charge is 2.40. The summed E-state index contributed by atoms with van der Waals surface area (Å²) in [6.07, 6.45) is 7.54. The van der Waals surface area contributed by atoms with E-state index in [9.17, 15) is 0 Å². The van der Waals surface area contributed by atoms with Crippen LogP contribution in [0.4, 0.5) is 5.69 Å². The molecule has 1 aromatic carbocycles. The quantitative estimate of drug-likeness (QED) is 0.824. The van der Waals surface area contributed by atoms with E-state index in [0.717, 1.165) is 18.7 Å². The van der Waals surface area contributed by atoms with Crippen molar-refractivity contribution in [2.24, 2.45) is 0 Å². The van der Waals surface area contributed by atoms with Crippen molar-refractivity contribution in [3.63, 3.8) is 0 Å². The molecule has 3 rings (SSSR count). The summed E-state index contributed by atoms with van der Waals surface area (Å²) in [5.74, 6) is 0. The third-order valence-electron chi connectivity index (χ3n) is 4.54. The van der Waals surface area contributed by atoms with Crippen molar-refractivity contribution in [1.29, 1.82) is 0 Å². The predicted molar refractivity (Wildman–Crippen MR) is 81.6 cm³/mol. The zero-order chi connectivity index (χ0) is 13.3. The molecule has 104 valence electrons. The molecule has 3 heteroatoms. The fourth-order valence-corrected chi connectivity index (χ4v) is 4.79. The monoisotopic (exact) mass is 277 g/mol. The Labute approximate surface area is 120 Å². The molecule has 2 N–H and O–H groups in total. The van der Waals surface area contributed by atoms with Gasteiger partial charge in [-0.15, -0.1) is 11.8 Å². The third kappa shape index (κ3) is 2.77. The molecule has 2 nitrogen and oxygen atoms in total. The van der Waals surface area contributed by atoms with Crippen molar-refractivity contribution in [3.8, 4) is 0 Å². The van der Waals surface area contributed by atoms with E-state index < -0.39 is 0 Å². The topological polar surface area (TPSA) is 35.2 Å². The average molecular weight is 277 g/mol. The highest BCUT2D eigenvalue weighted by molar-refractivity contribution is 8.00. The molecule has 1 heterocycles. The van der Waals surface area contributed by atoms with Crippen molar-refractivity contribution in [1.82, 2.24) is 0 Å². The molecular weight excluding hydrogens is 254 g/mol. The smallest absolute Gasteiger partial charge is 0.0693 e. The molecule has 0 aromatic heterocycles. The molecule has 1 aliphatic carbocycles. The molecule has 19 heavy (non-hydrogen) atoms. The molecular formula is C16H23NOS. The van der Waals surface area contributed by atoms with Crippen LogP contribution in [0.2, 0.25) is 0 Å². The summed E-state index contributed by atoms with van der Waals surface area (Å²) in [6.45, 7) is 3.01. The first kappa shape index (κ1) is 13.3. The number of para-hydroxylation sites is 1. The van der Waals surface area contributed by atoms with E-state index in [2.05, 4.69) is 25.1 Å². The van der Waals surface area contributed by atoms with Crippen LogP contribution in [0.1, 0.15) is 44.1 Å². The van der Waals surface area contributed by atoms with Crippen LogP contribution in [0.25, 0.3) is 0 Å². The van der Waals surface area contributed by atoms with E-state index in [1.54, 1.807) is 0 Å². The van der Waals surface area contributed by atoms with Crippen molar-refractivity contribution in [2.45, 2.75) is 61.2 Å². The molecule has 1 aliphatic heterocycles. The number of thioether (sulfide) groups is 1.